The van der Waals surface area contributed by atoms with Crippen LogP contribution in [0.3, 0.4) is 0 Å². The van der Waals surface area contributed by atoms with E-state index in [0.29, 0.717) is 19.4 Å². The Morgan fingerprint density at radius 1 is 0.762 bits per heavy atom. The third-order valence-corrected chi connectivity index (χ3v) is 6.12. The lowest BCUT2D eigenvalue weighted by atomic mass is 10.0. The summed E-state index contributed by atoms with van der Waals surface area (Å²) < 4.78 is 0. The first kappa shape index (κ1) is 36.0. The van der Waals surface area contributed by atoms with Crippen LogP contribution in [0.4, 0.5) is 0 Å². The van der Waals surface area contributed by atoms with E-state index in [1.807, 2.05) is 13.8 Å². The van der Waals surface area contributed by atoms with Gasteiger partial charge in [0.1, 0.15) is 18.1 Å². The van der Waals surface area contributed by atoms with Crippen LogP contribution in [0.15, 0.2) is 30.3 Å². The van der Waals surface area contributed by atoms with Gasteiger partial charge in [-0.1, -0.05) is 44.2 Å². The molecule has 1 aromatic rings. The van der Waals surface area contributed by atoms with Crippen molar-refractivity contribution in [1.82, 2.24) is 26.6 Å². The van der Waals surface area contributed by atoms with E-state index in [4.69, 9.17) is 11.5 Å². The van der Waals surface area contributed by atoms with Crippen molar-refractivity contribution >= 4 is 35.5 Å². The van der Waals surface area contributed by atoms with Crippen LogP contribution < -0.4 is 38.1 Å². The molecule has 0 saturated carbocycles. The molecule has 0 saturated heterocycles. The van der Waals surface area contributed by atoms with Crippen molar-refractivity contribution in [1.29, 1.82) is 0 Å². The predicted octanol–water partition coefficient (Wildman–Crippen LogP) is -1.48. The molecule has 0 aliphatic heterocycles. The Morgan fingerprint density at radius 3 is 1.93 bits per heavy atom. The highest BCUT2D eigenvalue weighted by molar-refractivity contribution is 5.94. The molecule has 0 aliphatic rings. The maximum absolute atomic E-state index is 13.4. The number of carbonyl (C=O) groups is 6. The van der Waals surface area contributed by atoms with Gasteiger partial charge in [-0.05, 0) is 50.6 Å². The van der Waals surface area contributed by atoms with Gasteiger partial charge in [0.15, 0.2) is 0 Å². The topological polar surface area (TPSA) is 235 Å². The Labute approximate surface area is 246 Å². The Hall–Kier alpha value is -4.04. The van der Waals surface area contributed by atoms with Crippen molar-refractivity contribution in [3.05, 3.63) is 35.9 Å². The lowest BCUT2D eigenvalue weighted by molar-refractivity contribution is -0.142. The number of hydrogen-bond donors (Lipinski definition) is 8. The zero-order valence-corrected chi connectivity index (χ0v) is 24.5. The minimum atomic E-state index is -1.19. The van der Waals surface area contributed by atoms with E-state index in [1.54, 1.807) is 30.3 Å². The molecule has 0 radical (unpaired) electrons. The quantitative estimate of drug-likeness (QED) is 0.0875. The molecule has 0 fully saturated rings. The van der Waals surface area contributed by atoms with Crippen LogP contribution in [-0.4, -0.2) is 84.4 Å². The molecular weight excluding hydrogens is 546 g/mol. The molecule has 0 bridgehead atoms. The molecule has 0 heterocycles. The zero-order valence-electron chi connectivity index (χ0n) is 24.5. The van der Waals surface area contributed by atoms with Crippen LogP contribution >= 0.6 is 0 Å². The highest BCUT2D eigenvalue weighted by Crippen LogP contribution is 2.09. The first-order valence-corrected chi connectivity index (χ1v) is 14.0. The molecule has 0 spiro atoms. The van der Waals surface area contributed by atoms with E-state index < -0.39 is 66.2 Å². The summed E-state index contributed by atoms with van der Waals surface area (Å²) in [6, 6.07) is 4.77. The summed E-state index contributed by atoms with van der Waals surface area (Å²) >= 11 is 0. The number of rotatable bonds is 19. The van der Waals surface area contributed by atoms with Gasteiger partial charge >= 0.3 is 5.97 Å². The Bertz CT molecular complexity index is 1050. The summed E-state index contributed by atoms with van der Waals surface area (Å²) in [4.78, 5) is 74.4. The maximum Gasteiger partial charge on any atom is 0.326 e. The molecule has 5 amide bonds. The summed E-state index contributed by atoms with van der Waals surface area (Å²) in [6.07, 6.45) is 1.61. The standard InChI is InChI=1S/C28H45N7O7/c1-17(2)13-21(26(39)34-20(28(41)42)11-7-8-12-29)35-27(40)22(14-19-9-5-4-6-10-19)33-24(37)16-31-23(36)15-32-25(38)18(3)30/h4-6,9-10,17-18,20-22H,7-8,11-16,29-30H2,1-3H3,(H,31,36)(H,32,38)(H,33,37)(H,34,39)(H,35,40)(H,41,42)/t18-,20-,21-,22-/m0/s1. The minimum absolute atomic E-state index is 0.0262. The number of benzene rings is 1. The Morgan fingerprint density at radius 2 is 1.36 bits per heavy atom. The highest BCUT2D eigenvalue weighted by Gasteiger charge is 2.30. The van der Waals surface area contributed by atoms with Crippen LogP contribution in [-0.2, 0) is 35.2 Å². The van der Waals surface area contributed by atoms with E-state index >= 15 is 0 Å². The van der Waals surface area contributed by atoms with Crippen molar-refractivity contribution in [3.8, 4) is 0 Å². The number of carbonyl (C=O) groups excluding carboxylic acids is 5. The second-order valence-corrected chi connectivity index (χ2v) is 10.5. The molecule has 1 rings (SSSR count). The summed E-state index contributed by atoms with van der Waals surface area (Å²) in [7, 11) is 0. The lowest BCUT2D eigenvalue weighted by Crippen LogP contribution is -2.57. The molecule has 10 N–H and O–H groups in total. The first-order valence-electron chi connectivity index (χ1n) is 14.0. The van der Waals surface area contributed by atoms with E-state index in [0.717, 1.165) is 5.56 Å². The second kappa shape index (κ2) is 19.1. The number of unbranched alkanes of at least 4 members (excludes halogenated alkanes) is 1. The molecule has 1 aromatic carbocycles. The van der Waals surface area contributed by atoms with E-state index in [1.165, 1.54) is 6.92 Å². The molecule has 0 aliphatic carbocycles. The number of nitrogens with one attached hydrogen (secondary N) is 5. The van der Waals surface area contributed by atoms with Gasteiger partial charge in [0, 0.05) is 6.42 Å². The molecule has 14 nitrogen and oxygen atoms in total. The summed E-state index contributed by atoms with van der Waals surface area (Å²) in [5, 5.41) is 22.0. The molecule has 14 heteroatoms. The maximum atomic E-state index is 13.4. The molecular formula is C28H45N7O7. The number of aliphatic carboxylic acids is 1. The zero-order chi connectivity index (χ0) is 31.7. The van der Waals surface area contributed by atoms with Crippen LogP contribution in [0.2, 0.25) is 0 Å². The molecule has 42 heavy (non-hydrogen) atoms. The van der Waals surface area contributed by atoms with Crippen LogP contribution in [0.1, 0.15) is 52.0 Å². The average molecular weight is 592 g/mol. The second-order valence-electron chi connectivity index (χ2n) is 10.5. The number of nitrogens with two attached hydrogens (primary N) is 2. The summed E-state index contributed by atoms with van der Waals surface area (Å²) in [6.45, 7) is 4.72. The van der Waals surface area contributed by atoms with Crippen molar-refractivity contribution < 1.29 is 33.9 Å². The number of carboxylic acid groups (broad SMARTS) is 1. The SMILES string of the molecule is CC(C)C[C@H](NC(=O)[C@H](Cc1ccccc1)NC(=O)CNC(=O)CNC(=O)[C@H](C)N)C(=O)N[C@@H](CCCCN)C(=O)O. The van der Waals surface area contributed by atoms with Crippen LogP contribution in [0, 0.1) is 5.92 Å². The van der Waals surface area contributed by atoms with Crippen molar-refractivity contribution in [3.63, 3.8) is 0 Å². The third-order valence-electron chi connectivity index (χ3n) is 6.12. The summed E-state index contributed by atoms with van der Waals surface area (Å²) in [5.74, 6) is -4.35. The predicted molar refractivity (Wildman–Crippen MR) is 156 cm³/mol. The first-order chi connectivity index (χ1) is 19.8. The van der Waals surface area contributed by atoms with Crippen LogP contribution in [0.5, 0.6) is 0 Å². The summed E-state index contributed by atoms with van der Waals surface area (Å²) in [5.41, 5.74) is 11.6. The van der Waals surface area contributed by atoms with Crippen LogP contribution in [0.25, 0.3) is 0 Å². The number of amides is 5. The van der Waals surface area contributed by atoms with Gasteiger partial charge in [-0.3, -0.25) is 24.0 Å². The van der Waals surface area contributed by atoms with Crippen molar-refractivity contribution in [2.24, 2.45) is 17.4 Å². The van der Waals surface area contributed by atoms with Gasteiger partial charge in [0.25, 0.3) is 0 Å². The lowest BCUT2D eigenvalue weighted by Gasteiger charge is -2.25. The molecule has 234 valence electrons. The fraction of sp³-hybridized carbons (Fsp3) is 0.571. The van der Waals surface area contributed by atoms with Gasteiger partial charge in [-0.25, -0.2) is 4.79 Å². The number of carboxylic acids is 1. The third kappa shape index (κ3) is 14.6. The highest BCUT2D eigenvalue weighted by atomic mass is 16.4. The van der Waals surface area contributed by atoms with E-state index in [2.05, 4.69) is 26.6 Å². The number of hydrogen-bond acceptors (Lipinski definition) is 8. The van der Waals surface area contributed by atoms with Gasteiger partial charge in [-0.15, -0.1) is 0 Å². The van der Waals surface area contributed by atoms with E-state index in [-0.39, 0.29) is 31.7 Å². The Balaban J connectivity index is 2.97. The fourth-order valence-electron chi connectivity index (χ4n) is 3.87. The normalized spacial score (nSPS) is 13.7. The minimum Gasteiger partial charge on any atom is -0.480 e. The Kier molecular flexibility index (Phi) is 16.4. The van der Waals surface area contributed by atoms with Gasteiger partial charge in [0.2, 0.25) is 29.5 Å². The molecule has 0 unspecified atom stereocenters. The largest absolute Gasteiger partial charge is 0.480 e. The monoisotopic (exact) mass is 591 g/mol. The average Bonchev–Trinajstić information content (AvgIpc) is 2.93. The van der Waals surface area contributed by atoms with Crippen molar-refractivity contribution in [2.75, 3.05) is 19.6 Å². The van der Waals surface area contributed by atoms with Gasteiger partial charge in [0.05, 0.1) is 19.1 Å². The van der Waals surface area contributed by atoms with Crippen molar-refractivity contribution in [2.45, 2.75) is 77.0 Å². The van der Waals surface area contributed by atoms with Gasteiger partial charge < -0.3 is 43.2 Å². The van der Waals surface area contributed by atoms with Gasteiger partial charge in [-0.2, -0.15) is 0 Å². The smallest absolute Gasteiger partial charge is 0.326 e. The fourth-order valence-corrected chi connectivity index (χ4v) is 3.87. The molecule has 4 atom stereocenters. The van der Waals surface area contributed by atoms with E-state index in [9.17, 15) is 33.9 Å². The molecule has 0 aromatic heterocycles.